The molecule has 0 spiro atoms. The molecule has 1 aliphatic heterocycles. The van der Waals surface area contributed by atoms with Crippen LogP contribution in [0.4, 0.5) is 11.4 Å². The van der Waals surface area contributed by atoms with Crippen molar-refractivity contribution in [2.75, 3.05) is 23.7 Å². The minimum absolute atomic E-state index is 0.116. The number of carbonyl (C=O) groups excluding carboxylic acids is 2. The van der Waals surface area contributed by atoms with Gasteiger partial charge < -0.3 is 15.2 Å². The van der Waals surface area contributed by atoms with Crippen LogP contribution in [0.25, 0.3) is 0 Å². The summed E-state index contributed by atoms with van der Waals surface area (Å²) in [5, 5.41) is 5.54. The smallest absolute Gasteiger partial charge is 0.272 e. The Hall–Kier alpha value is -2.65. The highest BCUT2D eigenvalue weighted by atomic mass is 32.2. The van der Waals surface area contributed by atoms with E-state index in [4.69, 9.17) is 0 Å². The zero-order valence-corrected chi connectivity index (χ0v) is 17.6. The zero-order chi connectivity index (χ0) is 21.2. The number of hydrogen-bond donors (Lipinski definition) is 2. The lowest BCUT2D eigenvalue weighted by Gasteiger charge is -2.13. The number of nitrogens with one attached hydrogen (secondary N) is 2. The first-order valence-electron chi connectivity index (χ1n) is 9.57. The Morgan fingerprint density at radius 2 is 1.66 bits per heavy atom. The molecule has 2 N–H and O–H groups in total. The lowest BCUT2D eigenvalue weighted by Crippen LogP contribution is -2.27. The Morgan fingerprint density at radius 1 is 1.03 bits per heavy atom. The first-order valence-corrected chi connectivity index (χ1v) is 11.0. The maximum Gasteiger partial charge on any atom is 0.272 e. The van der Waals surface area contributed by atoms with Crippen molar-refractivity contribution in [3.05, 3.63) is 42.2 Å². The minimum atomic E-state index is -3.59. The molecule has 1 aromatic heterocycles. The second-order valence-electron chi connectivity index (χ2n) is 7.46. The number of benzene rings is 1. The lowest BCUT2D eigenvalue weighted by molar-refractivity contribution is -0.118. The van der Waals surface area contributed by atoms with E-state index in [1.165, 1.54) is 21.1 Å². The van der Waals surface area contributed by atoms with Gasteiger partial charge >= 0.3 is 0 Å². The quantitative estimate of drug-likeness (QED) is 0.753. The van der Waals surface area contributed by atoms with Crippen LogP contribution in [-0.2, 0) is 21.9 Å². The van der Waals surface area contributed by atoms with E-state index in [2.05, 4.69) is 10.6 Å². The van der Waals surface area contributed by atoms with Gasteiger partial charge in [-0.15, -0.1) is 0 Å². The Kier molecular flexibility index (Phi) is 6.09. The normalized spacial score (nSPS) is 14.9. The standard InChI is InChI=1S/C20H26N4O4S/c1-14(2)19(25)21-15-7-6-8-16(11-15)22-20(26)18-12-17(13-23(18)3)29(27,28)24-9-4-5-10-24/h6-8,11-14H,4-5,9-10H2,1-3H3,(H,21,25)(H,22,26). The van der Waals surface area contributed by atoms with Crippen molar-refractivity contribution in [1.82, 2.24) is 8.87 Å². The molecule has 1 saturated heterocycles. The molecule has 2 heterocycles. The van der Waals surface area contributed by atoms with Crippen molar-refractivity contribution in [3.8, 4) is 0 Å². The molecule has 0 unspecified atom stereocenters. The molecule has 1 fully saturated rings. The zero-order valence-electron chi connectivity index (χ0n) is 16.8. The monoisotopic (exact) mass is 418 g/mol. The number of rotatable bonds is 6. The van der Waals surface area contributed by atoms with E-state index in [-0.39, 0.29) is 22.4 Å². The van der Waals surface area contributed by atoms with E-state index in [1.807, 2.05) is 0 Å². The number of carbonyl (C=O) groups is 2. The molecular formula is C20H26N4O4S. The fourth-order valence-electron chi connectivity index (χ4n) is 3.14. The van der Waals surface area contributed by atoms with Crippen molar-refractivity contribution in [1.29, 1.82) is 0 Å². The SMILES string of the molecule is CC(C)C(=O)Nc1cccc(NC(=O)c2cc(S(=O)(=O)N3CCCC3)cn2C)c1. The molecule has 9 heteroatoms. The van der Waals surface area contributed by atoms with Gasteiger partial charge in [0.2, 0.25) is 15.9 Å². The number of amides is 2. The van der Waals surface area contributed by atoms with Crippen LogP contribution in [0.15, 0.2) is 41.4 Å². The van der Waals surface area contributed by atoms with E-state index in [0.29, 0.717) is 24.5 Å². The Bertz CT molecular complexity index is 1020. The average Bonchev–Trinajstić information content (AvgIpc) is 3.32. The Morgan fingerprint density at radius 3 is 2.28 bits per heavy atom. The third-order valence-corrected chi connectivity index (χ3v) is 6.69. The summed E-state index contributed by atoms with van der Waals surface area (Å²) in [6.07, 6.45) is 3.16. The highest BCUT2D eigenvalue weighted by Crippen LogP contribution is 2.23. The summed E-state index contributed by atoms with van der Waals surface area (Å²) >= 11 is 0. The summed E-state index contributed by atoms with van der Waals surface area (Å²) in [4.78, 5) is 24.7. The van der Waals surface area contributed by atoms with Crippen molar-refractivity contribution in [2.45, 2.75) is 31.6 Å². The molecule has 2 aromatic rings. The molecule has 156 valence electrons. The summed E-state index contributed by atoms with van der Waals surface area (Å²) in [7, 11) is -1.95. The lowest BCUT2D eigenvalue weighted by atomic mass is 10.2. The topological polar surface area (TPSA) is 101 Å². The van der Waals surface area contributed by atoms with Crippen molar-refractivity contribution < 1.29 is 18.0 Å². The maximum atomic E-state index is 12.7. The van der Waals surface area contributed by atoms with Gasteiger partial charge in [0.1, 0.15) is 10.6 Å². The van der Waals surface area contributed by atoms with Crippen molar-refractivity contribution in [3.63, 3.8) is 0 Å². The molecule has 1 aliphatic rings. The minimum Gasteiger partial charge on any atom is -0.345 e. The maximum absolute atomic E-state index is 12.7. The van der Waals surface area contributed by atoms with E-state index in [9.17, 15) is 18.0 Å². The fraction of sp³-hybridized carbons (Fsp3) is 0.400. The number of aromatic nitrogens is 1. The van der Waals surface area contributed by atoms with Gasteiger partial charge in [0.25, 0.3) is 5.91 Å². The average molecular weight is 419 g/mol. The Labute approximate surface area is 170 Å². The molecule has 0 atom stereocenters. The first kappa shape index (κ1) is 21.1. The van der Waals surface area contributed by atoms with E-state index in [0.717, 1.165) is 12.8 Å². The second-order valence-corrected chi connectivity index (χ2v) is 9.40. The van der Waals surface area contributed by atoms with Gasteiger partial charge in [-0.2, -0.15) is 4.31 Å². The summed E-state index contributed by atoms with van der Waals surface area (Å²) in [5.74, 6) is -0.706. The molecule has 29 heavy (non-hydrogen) atoms. The first-order chi connectivity index (χ1) is 13.7. The van der Waals surface area contributed by atoms with Crippen LogP contribution in [0.1, 0.15) is 37.2 Å². The number of hydrogen-bond acceptors (Lipinski definition) is 4. The molecule has 3 rings (SSSR count). The van der Waals surface area contributed by atoms with E-state index >= 15 is 0 Å². The van der Waals surface area contributed by atoms with Gasteiger partial charge in [-0.25, -0.2) is 8.42 Å². The number of sulfonamides is 1. The highest BCUT2D eigenvalue weighted by molar-refractivity contribution is 7.89. The van der Waals surface area contributed by atoms with Gasteiger partial charge in [0.05, 0.1) is 0 Å². The Balaban J connectivity index is 1.76. The fourth-order valence-corrected chi connectivity index (χ4v) is 4.72. The molecule has 2 amide bonds. The highest BCUT2D eigenvalue weighted by Gasteiger charge is 2.29. The number of nitrogens with zero attached hydrogens (tertiary/aromatic N) is 2. The van der Waals surface area contributed by atoms with Gasteiger partial charge in [-0.3, -0.25) is 9.59 Å². The van der Waals surface area contributed by atoms with Gasteiger partial charge in [0, 0.05) is 43.6 Å². The summed E-state index contributed by atoms with van der Waals surface area (Å²) in [6, 6.07) is 8.21. The van der Waals surface area contributed by atoms with Gasteiger partial charge in [0.15, 0.2) is 0 Å². The van der Waals surface area contributed by atoms with Crippen LogP contribution in [0.5, 0.6) is 0 Å². The molecule has 8 nitrogen and oxygen atoms in total. The predicted molar refractivity (Wildman–Crippen MR) is 111 cm³/mol. The molecule has 0 saturated carbocycles. The number of aryl methyl sites for hydroxylation is 1. The van der Waals surface area contributed by atoms with Crippen LogP contribution < -0.4 is 10.6 Å². The second kappa shape index (κ2) is 8.38. The molecule has 0 bridgehead atoms. The van der Waals surface area contributed by atoms with E-state index in [1.54, 1.807) is 45.2 Å². The third kappa shape index (κ3) is 4.68. The number of anilines is 2. The molecule has 0 radical (unpaired) electrons. The van der Waals surface area contributed by atoms with Gasteiger partial charge in [-0.05, 0) is 37.1 Å². The largest absolute Gasteiger partial charge is 0.345 e. The van der Waals surface area contributed by atoms with Crippen LogP contribution in [0, 0.1) is 5.92 Å². The van der Waals surface area contributed by atoms with Gasteiger partial charge in [-0.1, -0.05) is 19.9 Å². The summed E-state index contributed by atoms with van der Waals surface area (Å²) in [6.45, 7) is 4.61. The molecular weight excluding hydrogens is 392 g/mol. The van der Waals surface area contributed by atoms with Crippen molar-refractivity contribution >= 4 is 33.2 Å². The van der Waals surface area contributed by atoms with Crippen LogP contribution in [0.2, 0.25) is 0 Å². The van der Waals surface area contributed by atoms with Crippen LogP contribution in [-0.4, -0.2) is 42.2 Å². The summed E-state index contributed by atoms with van der Waals surface area (Å²) in [5.41, 5.74) is 1.31. The summed E-state index contributed by atoms with van der Waals surface area (Å²) < 4.78 is 28.4. The van der Waals surface area contributed by atoms with E-state index < -0.39 is 15.9 Å². The molecule has 0 aliphatic carbocycles. The third-order valence-electron chi connectivity index (χ3n) is 4.83. The van der Waals surface area contributed by atoms with Crippen LogP contribution in [0.3, 0.4) is 0 Å². The predicted octanol–water partition coefficient (Wildman–Crippen LogP) is 2.66. The van der Waals surface area contributed by atoms with Crippen molar-refractivity contribution in [2.24, 2.45) is 13.0 Å². The molecule has 1 aromatic carbocycles. The van der Waals surface area contributed by atoms with Crippen LogP contribution >= 0.6 is 0 Å².